The van der Waals surface area contributed by atoms with Gasteiger partial charge < -0.3 is 4.74 Å². The monoisotopic (exact) mass is 379 g/mol. The van der Waals surface area contributed by atoms with E-state index in [2.05, 4.69) is 6.07 Å². The summed E-state index contributed by atoms with van der Waals surface area (Å²) in [6.45, 7) is -0.0248. The highest BCUT2D eigenvalue weighted by atomic mass is 35.5. The predicted octanol–water partition coefficient (Wildman–Crippen LogP) is 3.58. The van der Waals surface area contributed by atoms with Gasteiger partial charge in [-0.3, -0.25) is 0 Å². The molecule has 0 spiro atoms. The summed E-state index contributed by atoms with van der Waals surface area (Å²) in [5.74, 6) is -1.01. The first-order chi connectivity index (χ1) is 11.9. The number of nitriles is 1. The van der Waals surface area contributed by atoms with Crippen molar-refractivity contribution in [1.29, 1.82) is 5.26 Å². The fraction of sp³-hybridized carbons (Fsp3) is 0.278. The highest BCUT2D eigenvalue weighted by molar-refractivity contribution is 7.92. The molecule has 3 atom stereocenters. The number of methoxy groups -OCH3 is 1. The van der Waals surface area contributed by atoms with E-state index in [0.717, 1.165) is 0 Å². The highest BCUT2D eigenvalue weighted by Crippen LogP contribution is 2.63. The SMILES string of the molecule is COC[C@]1(C#N)[C@H](c2ccc(F)cc2)[C@@H]1S(=O)(=O)c1ccc(Cl)cc1. The highest BCUT2D eigenvalue weighted by Gasteiger charge is 2.72. The van der Waals surface area contributed by atoms with Gasteiger partial charge in [0.05, 0.1) is 22.8 Å². The van der Waals surface area contributed by atoms with E-state index in [-0.39, 0.29) is 11.5 Å². The summed E-state index contributed by atoms with van der Waals surface area (Å²) >= 11 is 5.83. The lowest BCUT2D eigenvalue weighted by molar-refractivity contribution is 0.162. The van der Waals surface area contributed by atoms with Crippen LogP contribution in [0, 0.1) is 22.6 Å². The molecular weight excluding hydrogens is 365 g/mol. The standard InChI is InChI=1S/C18H15ClFNO3S/c1-24-11-18(10-21)16(12-2-6-14(20)7-3-12)17(18)25(22,23)15-8-4-13(19)5-9-15/h2-9,16-17H,11H2,1H3/t16-,17+,18-/m1/s1. The fourth-order valence-electron chi connectivity index (χ4n) is 3.35. The molecule has 0 aliphatic heterocycles. The minimum absolute atomic E-state index is 0.0248. The molecule has 0 N–H and O–H groups in total. The Labute approximate surface area is 150 Å². The van der Waals surface area contributed by atoms with Crippen LogP contribution in [0.4, 0.5) is 4.39 Å². The summed E-state index contributed by atoms with van der Waals surface area (Å²) < 4.78 is 44.5. The molecule has 2 aromatic rings. The largest absolute Gasteiger partial charge is 0.383 e. The van der Waals surface area contributed by atoms with E-state index in [1.54, 1.807) is 0 Å². The van der Waals surface area contributed by atoms with E-state index in [9.17, 15) is 18.1 Å². The van der Waals surface area contributed by atoms with Gasteiger partial charge in [-0.15, -0.1) is 0 Å². The van der Waals surface area contributed by atoms with E-state index in [1.807, 2.05) is 0 Å². The van der Waals surface area contributed by atoms with Gasteiger partial charge in [-0.05, 0) is 42.0 Å². The molecule has 7 heteroatoms. The second-order valence-corrected chi connectivity index (χ2v) is 8.54. The topological polar surface area (TPSA) is 67.2 Å². The molecule has 0 aromatic heterocycles. The number of sulfone groups is 1. The molecule has 0 unspecified atom stereocenters. The Hall–Kier alpha value is -1.94. The molecule has 25 heavy (non-hydrogen) atoms. The maximum Gasteiger partial charge on any atom is 0.183 e. The smallest absolute Gasteiger partial charge is 0.183 e. The number of hydrogen-bond donors (Lipinski definition) is 0. The molecule has 130 valence electrons. The molecule has 1 fully saturated rings. The van der Waals surface area contributed by atoms with Crippen molar-refractivity contribution in [3.63, 3.8) is 0 Å². The molecule has 2 aromatic carbocycles. The lowest BCUT2D eigenvalue weighted by atomic mass is 10.0. The molecule has 0 heterocycles. The lowest BCUT2D eigenvalue weighted by Gasteiger charge is -2.08. The molecule has 0 radical (unpaired) electrons. The third kappa shape index (κ3) is 2.93. The van der Waals surface area contributed by atoms with Crippen LogP contribution >= 0.6 is 11.6 Å². The van der Waals surface area contributed by atoms with Crippen molar-refractivity contribution in [2.24, 2.45) is 5.41 Å². The lowest BCUT2D eigenvalue weighted by Crippen LogP contribution is -2.19. The third-order valence-corrected chi connectivity index (χ3v) is 7.10. The van der Waals surface area contributed by atoms with Crippen LogP contribution in [0.1, 0.15) is 11.5 Å². The van der Waals surface area contributed by atoms with Crippen molar-refractivity contribution in [2.45, 2.75) is 16.1 Å². The molecule has 1 aliphatic carbocycles. The van der Waals surface area contributed by atoms with Crippen LogP contribution in [0.25, 0.3) is 0 Å². The van der Waals surface area contributed by atoms with Crippen LogP contribution in [-0.2, 0) is 14.6 Å². The van der Waals surface area contributed by atoms with Crippen LogP contribution in [-0.4, -0.2) is 27.4 Å². The average molecular weight is 380 g/mol. The molecule has 0 bridgehead atoms. The van der Waals surface area contributed by atoms with Crippen molar-refractivity contribution >= 4 is 21.4 Å². The van der Waals surface area contributed by atoms with Gasteiger partial charge in [0.15, 0.2) is 9.84 Å². The van der Waals surface area contributed by atoms with Crippen LogP contribution in [0.2, 0.25) is 5.02 Å². The Morgan fingerprint density at radius 2 is 1.80 bits per heavy atom. The minimum atomic E-state index is -3.79. The summed E-state index contributed by atoms with van der Waals surface area (Å²) in [6, 6.07) is 13.5. The average Bonchev–Trinajstić information content (AvgIpc) is 3.26. The van der Waals surface area contributed by atoms with E-state index in [0.29, 0.717) is 10.6 Å². The van der Waals surface area contributed by atoms with Crippen LogP contribution in [0.3, 0.4) is 0 Å². The molecular formula is C18H15ClFNO3S. The Morgan fingerprint density at radius 1 is 1.20 bits per heavy atom. The molecule has 1 aliphatic rings. The number of benzene rings is 2. The molecule has 1 saturated carbocycles. The second-order valence-electron chi connectivity index (χ2n) is 6.03. The van der Waals surface area contributed by atoms with Gasteiger partial charge in [0.25, 0.3) is 0 Å². The first-order valence-corrected chi connectivity index (χ1v) is 9.44. The quantitative estimate of drug-likeness (QED) is 0.796. The van der Waals surface area contributed by atoms with Crippen molar-refractivity contribution < 1.29 is 17.5 Å². The summed E-state index contributed by atoms with van der Waals surface area (Å²) in [7, 11) is -2.37. The summed E-state index contributed by atoms with van der Waals surface area (Å²) in [5, 5.41) is 9.17. The summed E-state index contributed by atoms with van der Waals surface area (Å²) in [5.41, 5.74) is -0.604. The first kappa shape index (κ1) is 17.9. The number of nitrogens with zero attached hydrogens (tertiary/aromatic N) is 1. The molecule has 0 saturated heterocycles. The van der Waals surface area contributed by atoms with E-state index in [4.69, 9.17) is 16.3 Å². The van der Waals surface area contributed by atoms with Crippen molar-refractivity contribution in [2.75, 3.05) is 13.7 Å². The van der Waals surface area contributed by atoms with Gasteiger partial charge in [-0.1, -0.05) is 23.7 Å². The Bertz CT molecular complexity index is 922. The van der Waals surface area contributed by atoms with E-state index >= 15 is 0 Å². The summed E-state index contributed by atoms with van der Waals surface area (Å²) in [6.07, 6.45) is 0. The van der Waals surface area contributed by atoms with Gasteiger partial charge >= 0.3 is 0 Å². The Balaban J connectivity index is 2.07. The first-order valence-electron chi connectivity index (χ1n) is 7.52. The van der Waals surface area contributed by atoms with Gasteiger partial charge in [0.1, 0.15) is 11.2 Å². The predicted molar refractivity (Wildman–Crippen MR) is 91.5 cm³/mol. The number of rotatable bonds is 5. The van der Waals surface area contributed by atoms with Crippen molar-refractivity contribution in [3.05, 3.63) is 64.9 Å². The zero-order valence-electron chi connectivity index (χ0n) is 13.3. The third-order valence-electron chi connectivity index (χ3n) is 4.55. The number of halogens is 2. The summed E-state index contributed by atoms with van der Waals surface area (Å²) in [4.78, 5) is 0.0993. The van der Waals surface area contributed by atoms with Crippen molar-refractivity contribution in [1.82, 2.24) is 0 Å². The van der Waals surface area contributed by atoms with Crippen LogP contribution < -0.4 is 0 Å². The molecule has 0 amide bonds. The zero-order chi connectivity index (χ0) is 18.2. The van der Waals surface area contributed by atoms with E-state index < -0.39 is 32.2 Å². The number of hydrogen-bond acceptors (Lipinski definition) is 4. The van der Waals surface area contributed by atoms with E-state index in [1.165, 1.54) is 55.6 Å². The fourth-order valence-corrected chi connectivity index (χ4v) is 5.79. The van der Waals surface area contributed by atoms with Gasteiger partial charge in [0.2, 0.25) is 0 Å². The normalized spacial score (nSPS) is 25.4. The number of ether oxygens (including phenoxy) is 1. The van der Waals surface area contributed by atoms with Gasteiger partial charge in [0, 0.05) is 18.1 Å². The van der Waals surface area contributed by atoms with Crippen LogP contribution in [0.15, 0.2) is 53.4 Å². The maximum atomic E-state index is 13.2. The second kappa shape index (κ2) is 6.41. The minimum Gasteiger partial charge on any atom is -0.383 e. The molecule has 4 nitrogen and oxygen atoms in total. The van der Waals surface area contributed by atoms with Crippen molar-refractivity contribution in [3.8, 4) is 6.07 Å². The maximum absolute atomic E-state index is 13.2. The van der Waals surface area contributed by atoms with Crippen LogP contribution in [0.5, 0.6) is 0 Å². The molecule has 3 rings (SSSR count). The van der Waals surface area contributed by atoms with Gasteiger partial charge in [-0.2, -0.15) is 5.26 Å². The zero-order valence-corrected chi connectivity index (χ0v) is 14.9. The Morgan fingerprint density at radius 3 is 2.32 bits per heavy atom. The van der Waals surface area contributed by atoms with Gasteiger partial charge in [-0.25, -0.2) is 12.8 Å². The Kier molecular flexibility index (Phi) is 4.58.